The van der Waals surface area contributed by atoms with Crippen LogP contribution in [0.5, 0.6) is 5.75 Å². The van der Waals surface area contributed by atoms with E-state index in [1.165, 1.54) is 5.56 Å². The molecule has 0 spiro atoms. The molecule has 24 heavy (non-hydrogen) atoms. The molecule has 0 aromatic heterocycles. The number of hydrogen-bond donors (Lipinski definition) is 2. The van der Waals surface area contributed by atoms with Crippen molar-refractivity contribution in [2.24, 2.45) is 0 Å². The van der Waals surface area contributed by atoms with E-state index in [9.17, 15) is 9.90 Å². The van der Waals surface area contributed by atoms with Crippen LogP contribution in [-0.4, -0.2) is 24.7 Å². The van der Waals surface area contributed by atoms with Crippen LogP contribution in [0, 0.1) is 0 Å². The van der Waals surface area contributed by atoms with E-state index in [0.717, 1.165) is 11.3 Å². The highest BCUT2D eigenvalue weighted by Crippen LogP contribution is 2.22. The zero-order valence-electron chi connectivity index (χ0n) is 14.7. The van der Waals surface area contributed by atoms with E-state index in [2.05, 4.69) is 26.1 Å². The molecule has 0 aliphatic heterocycles. The Bertz CT molecular complexity index is 670. The number of carbonyl (C=O) groups is 1. The van der Waals surface area contributed by atoms with Crippen molar-refractivity contribution in [1.29, 1.82) is 0 Å². The third kappa shape index (κ3) is 4.59. The number of rotatable bonds is 5. The molecular formula is C20H25NO3. The van der Waals surface area contributed by atoms with Crippen molar-refractivity contribution < 1.29 is 14.6 Å². The van der Waals surface area contributed by atoms with Crippen molar-refractivity contribution in [3.05, 3.63) is 65.2 Å². The van der Waals surface area contributed by atoms with Gasteiger partial charge in [-0.2, -0.15) is 0 Å². The van der Waals surface area contributed by atoms with Gasteiger partial charge in [0, 0.05) is 12.1 Å². The fourth-order valence-electron chi connectivity index (χ4n) is 2.36. The van der Waals surface area contributed by atoms with Crippen LogP contribution in [-0.2, 0) is 5.41 Å². The molecule has 1 amide bonds. The zero-order valence-corrected chi connectivity index (χ0v) is 14.7. The number of nitrogens with one attached hydrogen (secondary N) is 1. The van der Waals surface area contributed by atoms with E-state index in [4.69, 9.17) is 4.74 Å². The van der Waals surface area contributed by atoms with Gasteiger partial charge >= 0.3 is 0 Å². The van der Waals surface area contributed by atoms with Gasteiger partial charge in [0.05, 0.1) is 13.2 Å². The van der Waals surface area contributed by atoms with Gasteiger partial charge in [0.2, 0.25) is 0 Å². The van der Waals surface area contributed by atoms with Crippen LogP contribution >= 0.6 is 0 Å². The molecule has 2 aromatic rings. The van der Waals surface area contributed by atoms with E-state index in [-0.39, 0.29) is 17.9 Å². The summed E-state index contributed by atoms with van der Waals surface area (Å²) in [5.74, 6) is 0.539. The van der Waals surface area contributed by atoms with Gasteiger partial charge in [-0.05, 0) is 40.8 Å². The van der Waals surface area contributed by atoms with Crippen LogP contribution in [0.2, 0.25) is 0 Å². The predicted octanol–water partition coefficient (Wildman–Crippen LogP) is 3.46. The van der Waals surface area contributed by atoms with Crippen LogP contribution in [0.25, 0.3) is 0 Å². The lowest BCUT2D eigenvalue weighted by Crippen LogP contribution is -2.28. The summed E-state index contributed by atoms with van der Waals surface area (Å²) >= 11 is 0. The average molecular weight is 327 g/mol. The van der Waals surface area contributed by atoms with Crippen molar-refractivity contribution in [2.45, 2.75) is 32.3 Å². The molecule has 0 fully saturated rings. The third-order valence-corrected chi connectivity index (χ3v) is 3.97. The molecule has 0 radical (unpaired) electrons. The highest BCUT2D eigenvalue weighted by atomic mass is 16.5. The fourth-order valence-corrected chi connectivity index (χ4v) is 2.36. The summed E-state index contributed by atoms with van der Waals surface area (Å²) in [7, 11) is 1.59. The van der Waals surface area contributed by atoms with Crippen LogP contribution in [0.1, 0.15) is 48.4 Å². The molecule has 4 heteroatoms. The minimum absolute atomic E-state index is 0.0551. The summed E-state index contributed by atoms with van der Waals surface area (Å²) in [6.07, 6.45) is -0.756. The molecule has 2 N–H and O–H groups in total. The smallest absolute Gasteiger partial charge is 0.251 e. The lowest BCUT2D eigenvalue weighted by Gasteiger charge is -2.19. The molecule has 2 aromatic carbocycles. The highest BCUT2D eigenvalue weighted by molar-refractivity contribution is 5.94. The van der Waals surface area contributed by atoms with Crippen molar-refractivity contribution >= 4 is 5.91 Å². The SMILES string of the molecule is COc1ccc(C(O)CNC(=O)c2ccc(C(C)(C)C)cc2)cc1. The average Bonchev–Trinajstić information content (AvgIpc) is 2.58. The van der Waals surface area contributed by atoms with E-state index in [0.29, 0.717) is 5.56 Å². The molecule has 0 saturated heterocycles. The second kappa shape index (κ2) is 7.49. The Labute approximate surface area is 143 Å². The predicted molar refractivity (Wildman–Crippen MR) is 95.4 cm³/mol. The van der Waals surface area contributed by atoms with Gasteiger partial charge in [-0.1, -0.05) is 45.0 Å². The van der Waals surface area contributed by atoms with Gasteiger partial charge in [0.1, 0.15) is 5.75 Å². The quantitative estimate of drug-likeness (QED) is 0.884. The molecule has 128 valence electrons. The standard InChI is InChI=1S/C20H25NO3/c1-20(2,3)16-9-5-15(6-10-16)19(23)21-13-18(22)14-7-11-17(24-4)12-8-14/h5-12,18,22H,13H2,1-4H3,(H,21,23). The van der Waals surface area contributed by atoms with Crippen LogP contribution in [0.3, 0.4) is 0 Å². The van der Waals surface area contributed by atoms with Crippen LogP contribution in [0.15, 0.2) is 48.5 Å². The van der Waals surface area contributed by atoms with Gasteiger partial charge in [0.25, 0.3) is 5.91 Å². The largest absolute Gasteiger partial charge is 0.497 e. The van der Waals surface area contributed by atoms with Gasteiger partial charge in [-0.15, -0.1) is 0 Å². The van der Waals surface area contributed by atoms with Crippen molar-refractivity contribution in [2.75, 3.05) is 13.7 Å². The summed E-state index contributed by atoms with van der Waals surface area (Å²) in [6, 6.07) is 14.7. The Morgan fingerprint density at radius 3 is 2.17 bits per heavy atom. The third-order valence-electron chi connectivity index (χ3n) is 3.97. The Morgan fingerprint density at radius 1 is 1.08 bits per heavy atom. The van der Waals surface area contributed by atoms with E-state index in [1.807, 2.05) is 24.3 Å². The summed E-state index contributed by atoms with van der Waals surface area (Å²) in [5.41, 5.74) is 2.56. The Hall–Kier alpha value is -2.33. The van der Waals surface area contributed by atoms with Crippen molar-refractivity contribution in [3.8, 4) is 5.75 Å². The first-order valence-electron chi connectivity index (χ1n) is 8.02. The molecule has 0 saturated carbocycles. The van der Waals surface area contributed by atoms with E-state index in [1.54, 1.807) is 31.4 Å². The number of carbonyl (C=O) groups excluding carboxylic acids is 1. The molecule has 0 aliphatic rings. The minimum Gasteiger partial charge on any atom is -0.497 e. The van der Waals surface area contributed by atoms with Crippen LogP contribution < -0.4 is 10.1 Å². The lowest BCUT2D eigenvalue weighted by atomic mass is 9.87. The first-order chi connectivity index (χ1) is 11.3. The van der Waals surface area contributed by atoms with Gasteiger partial charge in [-0.3, -0.25) is 4.79 Å². The lowest BCUT2D eigenvalue weighted by molar-refractivity contribution is 0.0916. The first-order valence-corrected chi connectivity index (χ1v) is 8.02. The molecular weight excluding hydrogens is 302 g/mol. The summed E-state index contributed by atoms with van der Waals surface area (Å²) in [4.78, 5) is 12.2. The van der Waals surface area contributed by atoms with Crippen molar-refractivity contribution in [1.82, 2.24) is 5.32 Å². The summed E-state index contributed by atoms with van der Waals surface area (Å²) < 4.78 is 5.09. The van der Waals surface area contributed by atoms with Gasteiger partial charge < -0.3 is 15.2 Å². The number of ether oxygens (including phenoxy) is 1. The number of benzene rings is 2. The summed E-state index contributed by atoms with van der Waals surface area (Å²) in [5, 5.41) is 12.9. The van der Waals surface area contributed by atoms with E-state index < -0.39 is 6.10 Å². The monoisotopic (exact) mass is 327 g/mol. The maximum Gasteiger partial charge on any atom is 0.251 e. The maximum atomic E-state index is 12.2. The number of amides is 1. The first kappa shape index (κ1) is 18.0. The molecule has 0 heterocycles. The second-order valence-electron chi connectivity index (χ2n) is 6.83. The van der Waals surface area contributed by atoms with Crippen molar-refractivity contribution in [3.63, 3.8) is 0 Å². The Balaban J connectivity index is 1.94. The van der Waals surface area contributed by atoms with E-state index >= 15 is 0 Å². The normalized spacial score (nSPS) is 12.5. The molecule has 0 aliphatic carbocycles. The number of hydrogen-bond acceptors (Lipinski definition) is 3. The number of aliphatic hydroxyl groups is 1. The summed E-state index contributed by atoms with van der Waals surface area (Å²) in [6.45, 7) is 6.56. The number of aliphatic hydroxyl groups excluding tert-OH is 1. The molecule has 1 unspecified atom stereocenters. The topological polar surface area (TPSA) is 58.6 Å². The molecule has 2 rings (SSSR count). The van der Waals surface area contributed by atoms with Gasteiger partial charge in [0.15, 0.2) is 0 Å². The molecule has 0 bridgehead atoms. The number of methoxy groups -OCH3 is 1. The fraction of sp³-hybridized carbons (Fsp3) is 0.350. The second-order valence-corrected chi connectivity index (χ2v) is 6.83. The van der Waals surface area contributed by atoms with Crippen LogP contribution in [0.4, 0.5) is 0 Å². The molecule has 1 atom stereocenters. The molecule has 4 nitrogen and oxygen atoms in total. The zero-order chi connectivity index (χ0) is 17.7. The maximum absolute atomic E-state index is 12.2. The Morgan fingerprint density at radius 2 is 1.67 bits per heavy atom. The minimum atomic E-state index is -0.756. The Kier molecular flexibility index (Phi) is 5.62. The van der Waals surface area contributed by atoms with Gasteiger partial charge in [-0.25, -0.2) is 0 Å². The highest BCUT2D eigenvalue weighted by Gasteiger charge is 2.15.